The summed E-state index contributed by atoms with van der Waals surface area (Å²) < 4.78 is 191. The molecule has 480 valence electrons. The molecule has 8 atom stereocenters. The Kier molecular flexibility index (Phi) is 21.8. The van der Waals surface area contributed by atoms with Crippen molar-refractivity contribution in [1.29, 1.82) is 0 Å². The van der Waals surface area contributed by atoms with Crippen LogP contribution in [0.3, 0.4) is 0 Å². The van der Waals surface area contributed by atoms with Crippen LogP contribution in [0.25, 0.3) is 0 Å². The van der Waals surface area contributed by atoms with Crippen molar-refractivity contribution in [2.45, 2.75) is 149 Å². The SMILES string of the molecule is C(COCC1CO1)C[Si]12O[Si]3(CCCOCC4CO4)O[Si]4(CCCOCC5CO5)O[Si](CCCOCC5CO5)(O1)O[Si]1(CCCOCC5CO5)O[Si](CCCOCC5CO5)(O2)O[Si](CCCOCC2CO2)(O3)O[Si](CCCOCC2CO2)(O4)O1. The molecule has 14 aliphatic rings. The number of epoxide rings is 8. The van der Waals surface area contributed by atoms with Gasteiger partial charge in [-0.1, -0.05) is 0 Å². The van der Waals surface area contributed by atoms with Gasteiger partial charge in [-0.2, -0.15) is 0 Å². The molecule has 0 aromatic heterocycles. The molecule has 0 aromatic carbocycles. The molecule has 0 radical (unpaired) electrons. The molecule has 14 fully saturated rings. The predicted molar refractivity (Wildman–Crippen MR) is 299 cm³/mol. The van der Waals surface area contributed by atoms with E-state index in [2.05, 4.69) is 0 Å². The summed E-state index contributed by atoms with van der Waals surface area (Å²) in [6.07, 6.45) is 4.25. The fraction of sp³-hybridized carbons (Fsp3) is 1.00. The predicted octanol–water partition coefficient (Wildman–Crippen LogP) is 2.21. The first kappa shape index (κ1) is 63.4. The lowest BCUT2D eigenvalue weighted by atomic mass is 10.5. The quantitative estimate of drug-likeness (QED) is 0.0479. The van der Waals surface area contributed by atoms with Crippen LogP contribution in [0.15, 0.2) is 0 Å². The van der Waals surface area contributed by atoms with Crippen molar-refractivity contribution in [3.8, 4) is 0 Å². The summed E-state index contributed by atoms with van der Waals surface area (Å²) in [4.78, 5) is 0. The summed E-state index contributed by atoms with van der Waals surface area (Å²) in [5.74, 6) is 0. The fourth-order valence-corrected chi connectivity index (χ4v) is 60.9. The van der Waals surface area contributed by atoms with Gasteiger partial charge in [0.15, 0.2) is 0 Å². The molecule has 0 amide bonds. The maximum Gasteiger partial charge on any atom is 0.478 e. The molecular formula is C48H88O28Si8. The molecule has 0 aromatic rings. The maximum atomic E-state index is 8.05. The molecule has 84 heavy (non-hydrogen) atoms. The average Bonchev–Trinajstić information content (AvgIpc) is 1.86. The summed E-state index contributed by atoms with van der Waals surface area (Å²) in [6.45, 7) is 11.9. The highest BCUT2D eigenvalue weighted by Crippen LogP contribution is 2.55. The normalized spacial score (nSPS) is 42.3. The summed E-state index contributed by atoms with van der Waals surface area (Å²) in [5.41, 5.74) is 0. The van der Waals surface area contributed by atoms with Crippen molar-refractivity contribution >= 4 is 70.4 Å². The smallest absolute Gasteiger partial charge is 0.379 e. The first-order valence-electron chi connectivity index (χ1n) is 31.1. The molecule has 14 heterocycles. The third-order valence-electron chi connectivity index (χ3n) is 15.6. The molecule has 0 aliphatic carbocycles. The molecule has 28 nitrogen and oxygen atoms in total. The van der Waals surface area contributed by atoms with Gasteiger partial charge in [-0.25, -0.2) is 0 Å². The van der Waals surface area contributed by atoms with Gasteiger partial charge in [0.2, 0.25) is 0 Å². The molecule has 0 saturated carbocycles. The van der Waals surface area contributed by atoms with Gasteiger partial charge in [0.1, 0.15) is 48.8 Å². The second-order valence-corrected chi connectivity index (χ2v) is 48.5. The average molecular weight is 1340 g/mol. The minimum atomic E-state index is -4.35. The van der Waals surface area contributed by atoms with Crippen LogP contribution in [0.1, 0.15) is 51.4 Å². The Labute approximate surface area is 500 Å². The zero-order chi connectivity index (χ0) is 56.7. The van der Waals surface area contributed by atoms with Crippen LogP contribution in [0.5, 0.6) is 0 Å². The Bertz CT molecular complexity index is 1570. The zero-order valence-corrected chi connectivity index (χ0v) is 56.3. The second kappa shape index (κ2) is 28.9. The van der Waals surface area contributed by atoms with Crippen LogP contribution in [0.4, 0.5) is 0 Å². The largest absolute Gasteiger partial charge is 0.478 e. The number of rotatable bonds is 48. The van der Waals surface area contributed by atoms with Crippen molar-refractivity contribution in [3.63, 3.8) is 0 Å². The zero-order valence-electron chi connectivity index (χ0n) is 48.3. The van der Waals surface area contributed by atoms with E-state index in [0.717, 1.165) is 0 Å². The van der Waals surface area contributed by atoms with Crippen molar-refractivity contribution in [1.82, 2.24) is 0 Å². The lowest BCUT2D eigenvalue weighted by Crippen LogP contribution is -2.88. The molecule has 0 spiro atoms. The van der Waals surface area contributed by atoms with Crippen molar-refractivity contribution in [3.05, 3.63) is 0 Å². The Morgan fingerprint density at radius 3 is 0.393 bits per heavy atom. The lowest BCUT2D eigenvalue weighted by Gasteiger charge is -2.63. The minimum absolute atomic E-state index is 0.0670. The van der Waals surface area contributed by atoms with Gasteiger partial charge in [0, 0.05) is 101 Å². The third-order valence-corrected chi connectivity index (χ3v) is 53.1. The fourth-order valence-electron chi connectivity index (χ4n) is 10.7. The number of hydrogen-bond donors (Lipinski definition) is 0. The van der Waals surface area contributed by atoms with Gasteiger partial charge in [-0.15, -0.1) is 0 Å². The van der Waals surface area contributed by atoms with Crippen LogP contribution in [0, 0.1) is 0 Å². The van der Waals surface area contributed by atoms with E-state index in [0.29, 0.717) is 210 Å². The summed E-state index contributed by atoms with van der Waals surface area (Å²) >= 11 is 0. The van der Waals surface area contributed by atoms with E-state index in [1.54, 1.807) is 0 Å². The lowest BCUT2D eigenvalue weighted by molar-refractivity contribution is -0.0343. The van der Waals surface area contributed by atoms with Crippen LogP contribution in [-0.2, 0) is 125 Å². The van der Waals surface area contributed by atoms with Crippen LogP contribution in [0.2, 0.25) is 48.4 Å². The van der Waals surface area contributed by atoms with E-state index in [-0.39, 0.29) is 97.2 Å². The van der Waals surface area contributed by atoms with Crippen molar-refractivity contribution in [2.24, 2.45) is 0 Å². The van der Waals surface area contributed by atoms with Gasteiger partial charge in [-0.3, -0.25) is 0 Å². The second-order valence-electron chi connectivity index (χ2n) is 23.8. The maximum absolute atomic E-state index is 8.05. The highest BCUT2D eigenvalue weighted by atomic mass is 28.6. The highest BCUT2D eigenvalue weighted by Gasteiger charge is 2.83. The van der Waals surface area contributed by atoms with Crippen LogP contribution in [-0.4, -0.2) is 278 Å². The minimum Gasteiger partial charge on any atom is -0.379 e. The number of ether oxygens (including phenoxy) is 16. The Hall–Kier alpha value is 0.615. The molecule has 0 N–H and O–H groups in total. The van der Waals surface area contributed by atoms with Gasteiger partial charge in [0.05, 0.1) is 106 Å². The van der Waals surface area contributed by atoms with E-state index >= 15 is 0 Å². The van der Waals surface area contributed by atoms with E-state index in [1.807, 2.05) is 0 Å². The molecule has 14 rings (SSSR count). The van der Waals surface area contributed by atoms with E-state index in [4.69, 9.17) is 125 Å². The standard InChI is InChI=1S/C48H88O28Si8/c1(9-49-25-41-33-57-41)17-77-65-78(18-2-10-50-26-42-34-58-42)68-81(21-5-13-53-29-45-37-61-45)70-79(66-77,19-3-11-51-27-43-35-59-43)72-83(23-7-15-55-31-47-39-63-47)73-80(67-77,20-4-12-52-28-44-36-60-44)71-82(69-78,22-6-14-54-30-46-38-62-46)75-84(74-81,76-83)24-8-16-56-32-48-40-64-48/h41-48H,1-40H2. The van der Waals surface area contributed by atoms with Crippen molar-refractivity contribution < 1.29 is 125 Å². The van der Waals surface area contributed by atoms with Gasteiger partial charge < -0.3 is 125 Å². The molecule has 14 saturated heterocycles. The van der Waals surface area contributed by atoms with Crippen molar-refractivity contribution in [2.75, 3.05) is 159 Å². The third kappa shape index (κ3) is 19.4. The molecule has 8 unspecified atom stereocenters. The van der Waals surface area contributed by atoms with E-state index in [1.165, 1.54) is 0 Å². The van der Waals surface area contributed by atoms with E-state index < -0.39 is 70.4 Å². The van der Waals surface area contributed by atoms with Gasteiger partial charge in [-0.05, 0) is 51.4 Å². The van der Waals surface area contributed by atoms with Gasteiger partial charge >= 0.3 is 70.4 Å². The Morgan fingerprint density at radius 1 is 0.190 bits per heavy atom. The first-order chi connectivity index (χ1) is 41.1. The number of hydrogen-bond acceptors (Lipinski definition) is 28. The summed E-state index contributed by atoms with van der Waals surface area (Å²) in [5, 5.41) is 0. The summed E-state index contributed by atoms with van der Waals surface area (Å²) in [7, 11) is -34.8. The molecule has 8 bridgehead atoms. The highest BCUT2D eigenvalue weighted by molar-refractivity contribution is 7.03. The Morgan fingerprint density at radius 2 is 0.298 bits per heavy atom. The summed E-state index contributed by atoms with van der Waals surface area (Å²) in [6, 6.07) is 2.00. The van der Waals surface area contributed by atoms with Crippen LogP contribution < -0.4 is 0 Å². The van der Waals surface area contributed by atoms with Gasteiger partial charge in [0.25, 0.3) is 0 Å². The topological polar surface area (TPSA) is 285 Å². The molecular weight excluding hydrogens is 1250 g/mol. The Balaban J connectivity index is 0.925. The molecule has 36 heteroatoms. The monoisotopic (exact) mass is 1340 g/mol. The first-order valence-corrected chi connectivity index (χ1v) is 46.5. The molecule has 14 aliphatic heterocycles. The van der Waals surface area contributed by atoms with Crippen LogP contribution >= 0.6 is 0 Å². The van der Waals surface area contributed by atoms with E-state index in [9.17, 15) is 0 Å².